The van der Waals surface area contributed by atoms with E-state index in [-0.39, 0.29) is 24.3 Å². The van der Waals surface area contributed by atoms with E-state index in [0.717, 1.165) is 5.56 Å². The molecule has 0 unspecified atom stereocenters. The van der Waals surface area contributed by atoms with E-state index < -0.39 is 10.0 Å². The summed E-state index contributed by atoms with van der Waals surface area (Å²) in [6, 6.07) is 15.9. The molecule has 166 valence electrons. The van der Waals surface area contributed by atoms with E-state index in [9.17, 15) is 18.0 Å². The maximum absolute atomic E-state index is 12.8. The van der Waals surface area contributed by atoms with Crippen molar-refractivity contribution in [2.24, 2.45) is 5.92 Å². The van der Waals surface area contributed by atoms with Crippen molar-refractivity contribution in [3.05, 3.63) is 65.7 Å². The Kier molecular flexibility index (Phi) is 7.33. The Hall–Kier alpha value is -2.87. The van der Waals surface area contributed by atoms with Crippen LogP contribution in [-0.4, -0.2) is 51.1 Å². The first-order chi connectivity index (χ1) is 14.8. The first-order valence-electron chi connectivity index (χ1n) is 10.4. The van der Waals surface area contributed by atoms with Crippen LogP contribution in [0.1, 0.15) is 35.7 Å². The van der Waals surface area contributed by atoms with Gasteiger partial charge in [-0.15, -0.1) is 0 Å². The second-order valence-corrected chi connectivity index (χ2v) is 9.53. The molecule has 0 bridgehead atoms. The average molecular weight is 445 g/mol. The number of amides is 1. The van der Waals surface area contributed by atoms with Crippen molar-refractivity contribution in [2.45, 2.75) is 26.3 Å². The fourth-order valence-electron chi connectivity index (χ4n) is 3.67. The number of carbonyl (C=O) groups excluding carboxylic acids is 2. The maximum atomic E-state index is 12.8. The average Bonchev–Trinajstić information content (AvgIpc) is 2.77. The lowest BCUT2D eigenvalue weighted by Gasteiger charge is -2.31. The third-order valence-corrected chi connectivity index (χ3v) is 6.51. The van der Waals surface area contributed by atoms with Crippen LogP contribution < -0.4 is 4.31 Å². The van der Waals surface area contributed by atoms with Crippen LogP contribution >= 0.6 is 0 Å². The Morgan fingerprint density at radius 3 is 2.19 bits per heavy atom. The monoisotopic (exact) mass is 444 g/mol. The van der Waals surface area contributed by atoms with Gasteiger partial charge in [-0.05, 0) is 49.6 Å². The number of rotatable bonds is 7. The predicted octanol–water partition coefficient (Wildman–Crippen LogP) is 3.07. The van der Waals surface area contributed by atoms with E-state index in [4.69, 9.17) is 4.74 Å². The van der Waals surface area contributed by atoms with E-state index in [2.05, 4.69) is 0 Å². The number of carbonyl (C=O) groups is 2. The van der Waals surface area contributed by atoms with Crippen molar-refractivity contribution < 1.29 is 22.7 Å². The number of para-hydroxylation sites is 1. The zero-order valence-electron chi connectivity index (χ0n) is 17.9. The van der Waals surface area contributed by atoms with Gasteiger partial charge in [-0.1, -0.05) is 30.3 Å². The first-order valence-corrected chi connectivity index (χ1v) is 12.2. The largest absolute Gasteiger partial charge is 0.466 e. The molecule has 0 spiro atoms. The molecule has 0 atom stereocenters. The van der Waals surface area contributed by atoms with Crippen molar-refractivity contribution in [3.63, 3.8) is 0 Å². The molecule has 1 saturated heterocycles. The summed E-state index contributed by atoms with van der Waals surface area (Å²) in [6.45, 7) is 3.36. The lowest BCUT2D eigenvalue weighted by molar-refractivity contribution is -0.149. The number of likely N-dealkylation sites (tertiary alicyclic amines) is 1. The SMILES string of the molecule is CCOC(=O)C1CCN(C(=O)c2ccc(CN(c3ccccc3)S(C)(=O)=O)cc2)CC1. The molecule has 1 fully saturated rings. The molecule has 8 heteroatoms. The number of anilines is 1. The highest BCUT2D eigenvalue weighted by Gasteiger charge is 2.28. The summed E-state index contributed by atoms with van der Waals surface area (Å²) >= 11 is 0. The molecular formula is C23H28N2O5S. The number of hydrogen-bond acceptors (Lipinski definition) is 5. The summed E-state index contributed by atoms with van der Waals surface area (Å²) in [5.74, 6) is -0.420. The lowest BCUT2D eigenvalue weighted by Crippen LogP contribution is -2.40. The van der Waals surface area contributed by atoms with Crippen molar-refractivity contribution >= 4 is 27.6 Å². The molecule has 2 aromatic carbocycles. The van der Waals surface area contributed by atoms with Crippen LogP contribution in [0.15, 0.2) is 54.6 Å². The van der Waals surface area contributed by atoms with Crippen LogP contribution in [0.3, 0.4) is 0 Å². The topological polar surface area (TPSA) is 84.0 Å². The molecule has 1 heterocycles. The number of nitrogens with zero attached hydrogens (tertiary/aromatic N) is 2. The molecule has 0 N–H and O–H groups in total. The molecular weight excluding hydrogens is 416 g/mol. The van der Waals surface area contributed by atoms with Crippen LogP contribution in [0, 0.1) is 5.92 Å². The van der Waals surface area contributed by atoms with Crippen LogP contribution in [0.25, 0.3) is 0 Å². The molecule has 0 aromatic heterocycles. The summed E-state index contributed by atoms with van der Waals surface area (Å²) in [4.78, 5) is 26.4. The van der Waals surface area contributed by atoms with Gasteiger partial charge in [0.1, 0.15) is 0 Å². The second kappa shape index (κ2) is 9.96. The van der Waals surface area contributed by atoms with Gasteiger partial charge in [0.2, 0.25) is 10.0 Å². The van der Waals surface area contributed by atoms with Gasteiger partial charge < -0.3 is 9.64 Å². The van der Waals surface area contributed by atoms with E-state index in [1.807, 2.05) is 6.07 Å². The Labute approximate surface area is 183 Å². The quantitative estimate of drug-likeness (QED) is 0.613. The minimum Gasteiger partial charge on any atom is -0.466 e. The number of benzene rings is 2. The Morgan fingerprint density at radius 2 is 1.65 bits per heavy atom. The molecule has 0 saturated carbocycles. The highest BCUT2D eigenvalue weighted by molar-refractivity contribution is 7.92. The molecule has 1 amide bonds. The first kappa shape index (κ1) is 22.8. The number of hydrogen-bond donors (Lipinski definition) is 0. The number of piperidine rings is 1. The van der Waals surface area contributed by atoms with Crippen LogP contribution in [0.2, 0.25) is 0 Å². The standard InChI is InChI=1S/C23H28N2O5S/c1-3-30-23(27)20-13-15-24(16-14-20)22(26)19-11-9-18(10-12-19)17-25(31(2,28)29)21-7-5-4-6-8-21/h4-12,20H,3,13-17H2,1-2H3. The van der Waals surface area contributed by atoms with Crippen molar-refractivity contribution in [1.29, 1.82) is 0 Å². The fraction of sp³-hybridized carbons (Fsp3) is 0.391. The molecule has 7 nitrogen and oxygen atoms in total. The minimum absolute atomic E-state index is 0.0862. The number of sulfonamides is 1. The normalized spacial score (nSPS) is 14.8. The molecule has 1 aliphatic rings. The Morgan fingerprint density at radius 1 is 1.03 bits per heavy atom. The van der Waals surface area contributed by atoms with E-state index in [1.54, 1.807) is 60.4 Å². The van der Waals surface area contributed by atoms with Crippen LogP contribution in [0.4, 0.5) is 5.69 Å². The molecule has 0 aliphatic carbocycles. The summed E-state index contributed by atoms with van der Waals surface area (Å²) in [6.07, 6.45) is 2.38. The van der Waals surface area contributed by atoms with Gasteiger partial charge in [0, 0.05) is 18.7 Å². The van der Waals surface area contributed by atoms with Crippen molar-refractivity contribution in [3.8, 4) is 0 Å². The van der Waals surface area contributed by atoms with Gasteiger partial charge in [-0.3, -0.25) is 13.9 Å². The van der Waals surface area contributed by atoms with Crippen molar-refractivity contribution in [1.82, 2.24) is 4.90 Å². The van der Waals surface area contributed by atoms with E-state index in [1.165, 1.54) is 10.6 Å². The van der Waals surface area contributed by atoms with Gasteiger partial charge in [0.15, 0.2) is 0 Å². The molecule has 0 radical (unpaired) electrons. The summed E-state index contributed by atoms with van der Waals surface area (Å²) in [7, 11) is -3.46. The third-order valence-electron chi connectivity index (χ3n) is 5.37. The smallest absolute Gasteiger partial charge is 0.309 e. The lowest BCUT2D eigenvalue weighted by atomic mass is 9.96. The van der Waals surface area contributed by atoms with Gasteiger partial charge >= 0.3 is 5.97 Å². The molecule has 2 aromatic rings. The van der Waals surface area contributed by atoms with Gasteiger partial charge in [-0.25, -0.2) is 8.42 Å². The predicted molar refractivity (Wildman–Crippen MR) is 119 cm³/mol. The van der Waals surface area contributed by atoms with Crippen LogP contribution in [-0.2, 0) is 26.1 Å². The highest BCUT2D eigenvalue weighted by Crippen LogP contribution is 2.22. The number of esters is 1. The minimum atomic E-state index is -3.46. The fourth-order valence-corrected chi connectivity index (χ4v) is 4.56. The molecule has 1 aliphatic heterocycles. The zero-order chi connectivity index (χ0) is 22.4. The third kappa shape index (κ3) is 5.85. The second-order valence-electron chi connectivity index (χ2n) is 7.62. The van der Waals surface area contributed by atoms with E-state index in [0.29, 0.717) is 43.8 Å². The van der Waals surface area contributed by atoms with Crippen molar-refractivity contribution in [2.75, 3.05) is 30.3 Å². The Balaban J connectivity index is 1.65. The van der Waals surface area contributed by atoms with Gasteiger partial charge in [-0.2, -0.15) is 0 Å². The van der Waals surface area contributed by atoms with Gasteiger partial charge in [0.05, 0.1) is 31.0 Å². The van der Waals surface area contributed by atoms with Gasteiger partial charge in [0.25, 0.3) is 5.91 Å². The highest BCUT2D eigenvalue weighted by atomic mass is 32.2. The Bertz CT molecular complexity index is 998. The maximum Gasteiger partial charge on any atom is 0.309 e. The molecule has 31 heavy (non-hydrogen) atoms. The summed E-state index contributed by atoms with van der Waals surface area (Å²) in [5, 5.41) is 0. The van der Waals surface area contributed by atoms with Crippen LogP contribution in [0.5, 0.6) is 0 Å². The summed E-state index contributed by atoms with van der Waals surface area (Å²) in [5.41, 5.74) is 1.92. The molecule has 3 rings (SSSR count). The zero-order valence-corrected chi connectivity index (χ0v) is 18.7. The summed E-state index contributed by atoms with van der Waals surface area (Å²) < 4.78 is 30.9. The number of ether oxygens (including phenoxy) is 1. The van der Waals surface area contributed by atoms with E-state index >= 15 is 0 Å².